The fourth-order valence-electron chi connectivity index (χ4n) is 3.48. The molecule has 1 aromatic rings. The van der Waals surface area contributed by atoms with E-state index in [1.165, 1.54) is 7.11 Å². The van der Waals surface area contributed by atoms with Gasteiger partial charge in [-0.1, -0.05) is 0 Å². The van der Waals surface area contributed by atoms with Gasteiger partial charge in [-0.15, -0.1) is 0 Å². The number of carbonyl (C=O) groups is 3. The Morgan fingerprint density at radius 1 is 1.10 bits per heavy atom. The highest BCUT2D eigenvalue weighted by atomic mass is 16.5. The van der Waals surface area contributed by atoms with Crippen molar-refractivity contribution in [2.45, 2.75) is 44.2 Å². The van der Waals surface area contributed by atoms with Crippen LogP contribution in [-0.2, 0) is 14.3 Å². The number of methoxy groups -OCH3 is 1. The van der Waals surface area contributed by atoms with Crippen LogP contribution in [0.25, 0.3) is 0 Å². The maximum absolute atomic E-state index is 12.6. The largest absolute Gasteiger partial charge is 0.497 e. The Labute approximate surface area is 175 Å². The molecule has 2 heterocycles. The van der Waals surface area contributed by atoms with Gasteiger partial charge in [0.05, 0.1) is 19.2 Å². The monoisotopic (exact) mass is 419 g/mol. The molecule has 0 radical (unpaired) electrons. The second-order valence-electron chi connectivity index (χ2n) is 7.32. The van der Waals surface area contributed by atoms with E-state index in [1.54, 1.807) is 18.2 Å². The molecule has 9 nitrogen and oxygen atoms in total. The van der Waals surface area contributed by atoms with Crippen LogP contribution in [0.2, 0.25) is 0 Å². The number of hydrogen-bond donors (Lipinski definition) is 3. The minimum atomic E-state index is -0.646. The number of benzene rings is 1. The molecule has 0 aromatic heterocycles. The summed E-state index contributed by atoms with van der Waals surface area (Å²) >= 11 is 0. The SMILES string of the molecule is COc1ccc2c(c1)OCCNC(=O)[C@@H](NC(=O)[C@H]1CCCO1)CCCCNC2=O. The Hall–Kier alpha value is -2.81. The molecule has 0 spiro atoms. The van der Waals surface area contributed by atoms with Gasteiger partial charge in [-0.3, -0.25) is 14.4 Å². The lowest BCUT2D eigenvalue weighted by molar-refractivity contribution is -0.134. The first kappa shape index (κ1) is 21.9. The van der Waals surface area contributed by atoms with Crippen molar-refractivity contribution >= 4 is 17.7 Å². The third kappa shape index (κ3) is 5.85. The minimum absolute atomic E-state index is 0.172. The first-order chi connectivity index (χ1) is 14.6. The van der Waals surface area contributed by atoms with E-state index in [2.05, 4.69) is 16.0 Å². The van der Waals surface area contributed by atoms with Gasteiger partial charge in [0.25, 0.3) is 5.91 Å². The molecule has 0 bridgehead atoms. The standard InChI is InChI=1S/C21H29N3O6/c1-28-14-7-8-15-18(13-14)30-12-10-23-20(26)16(5-2-3-9-22-19(15)25)24-21(27)17-6-4-11-29-17/h7-8,13,16-17H,2-6,9-12H2,1H3,(H,22,25)(H,23,26)(H,24,27)/t16-,17+/m0/s1. The predicted molar refractivity (Wildman–Crippen MR) is 109 cm³/mol. The lowest BCUT2D eigenvalue weighted by atomic mass is 10.1. The number of rotatable bonds is 3. The highest BCUT2D eigenvalue weighted by Crippen LogP contribution is 2.25. The number of hydrogen-bond acceptors (Lipinski definition) is 6. The fraction of sp³-hybridized carbons (Fsp3) is 0.571. The van der Waals surface area contributed by atoms with Gasteiger partial charge in [-0.25, -0.2) is 0 Å². The number of amides is 3. The van der Waals surface area contributed by atoms with Crippen LogP contribution < -0.4 is 25.4 Å². The van der Waals surface area contributed by atoms with E-state index in [1.807, 2.05) is 0 Å². The van der Waals surface area contributed by atoms with Crippen LogP contribution in [0.1, 0.15) is 42.5 Å². The Bertz CT molecular complexity index is 763. The zero-order valence-electron chi connectivity index (χ0n) is 17.2. The quantitative estimate of drug-likeness (QED) is 0.667. The van der Waals surface area contributed by atoms with Gasteiger partial charge in [0.1, 0.15) is 30.3 Å². The smallest absolute Gasteiger partial charge is 0.255 e. The molecule has 164 valence electrons. The molecule has 0 saturated carbocycles. The molecule has 9 heteroatoms. The molecule has 1 aromatic carbocycles. The first-order valence-electron chi connectivity index (χ1n) is 10.4. The molecule has 0 unspecified atom stereocenters. The third-order valence-electron chi connectivity index (χ3n) is 5.15. The molecule has 2 aliphatic rings. The number of carbonyl (C=O) groups excluding carboxylic acids is 3. The third-order valence-corrected chi connectivity index (χ3v) is 5.15. The summed E-state index contributed by atoms with van der Waals surface area (Å²) < 4.78 is 16.3. The summed E-state index contributed by atoms with van der Waals surface area (Å²) in [4.78, 5) is 37.5. The van der Waals surface area contributed by atoms with Crippen molar-refractivity contribution in [3.05, 3.63) is 23.8 Å². The lowest BCUT2D eigenvalue weighted by Crippen LogP contribution is -2.50. The van der Waals surface area contributed by atoms with Crippen molar-refractivity contribution < 1.29 is 28.6 Å². The van der Waals surface area contributed by atoms with E-state index in [0.717, 1.165) is 6.42 Å². The molecule has 2 aliphatic heterocycles. The molecule has 1 fully saturated rings. The first-order valence-corrected chi connectivity index (χ1v) is 10.4. The summed E-state index contributed by atoms with van der Waals surface area (Å²) in [6, 6.07) is 4.36. The second-order valence-corrected chi connectivity index (χ2v) is 7.32. The average Bonchev–Trinajstić information content (AvgIpc) is 3.29. The summed E-state index contributed by atoms with van der Waals surface area (Å²) in [5.74, 6) is 0.234. The Morgan fingerprint density at radius 2 is 1.97 bits per heavy atom. The van der Waals surface area contributed by atoms with Gasteiger partial charge in [-0.2, -0.15) is 0 Å². The van der Waals surface area contributed by atoms with Gasteiger partial charge in [0, 0.05) is 19.2 Å². The topological polar surface area (TPSA) is 115 Å². The van der Waals surface area contributed by atoms with Crippen LogP contribution in [0, 0.1) is 0 Å². The maximum Gasteiger partial charge on any atom is 0.255 e. The van der Waals surface area contributed by atoms with E-state index in [0.29, 0.717) is 55.9 Å². The average molecular weight is 419 g/mol. The van der Waals surface area contributed by atoms with Gasteiger partial charge in [-0.05, 0) is 44.2 Å². The van der Waals surface area contributed by atoms with Crippen LogP contribution >= 0.6 is 0 Å². The summed E-state index contributed by atoms with van der Waals surface area (Å²) in [5, 5.41) is 8.49. The number of nitrogens with one attached hydrogen (secondary N) is 3. The van der Waals surface area contributed by atoms with Crippen LogP contribution in [0.15, 0.2) is 18.2 Å². The fourth-order valence-corrected chi connectivity index (χ4v) is 3.48. The van der Waals surface area contributed by atoms with E-state index in [-0.39, 0.29) is 30.9 Å². The van der Waals surface area contributed by atoms with Crippen molar-refractivity contribution in [2.75, 3.05) is 33.4 Å². The van der Waals surface area contributed by atoms with Gasteiger partial charge < -0.3 is 30.2 Å². The lowest BCUT2D eigenvalue weighted by Gasteiger charge is -2.21. The van der Waals surface area contributed by atoms with Crippen LogP contribution in [0.5, 0.6) is 11.5 Å². The normalized spacial score (nSPS) is 23.2. The molecule has 3 amide bonds. The van der Waals surface area contributed by atoms with E-state index >= 15 is 0 Å². The molecule has 3 N–H and O–H groups in total. The number of fused-ring (bicyclic) bond motifs is 1. The van der Waals surface area contributed by atoms with Crippen molar-refractivity contribution in [1.29, 1.82) is 0 Å². The zero-order valence-corrected chi connectivity index (χ0v) is 17.2. The molecular formula is C21H29N3O6. The van der Waals surface area contributed by atoms with Gasteiger partial charge in [0.2, 0.25) is 11.8 Å². The van der Waals surface area contributed by atoms with Gasteiger partial charge >= 0.3 is 0 Å². The van der Waals surface area contributed by atoms with E-state index in [4.69, 9.17) is 14.2 Å². The van der Waals surface area contributed by atoms with Crippen LogP contribution in [0.4, 0.5) is 0 Å². The van der Waals surface area contributed by atoms with Crippen molar-refractivity contribution in [3.63, 3.8) is 0 Å². The molecule has 2 atom stereocenters. The summed E-state index contributed by atoms with van der Waals surface area (Å²) in [7, 11) is 1.54. The highest BCUT2D eigenvalue weighted by molar-refractivity contribution is 5.97. The van der Waals surface area contributed by atoms with Gasteiger partial charge in [0.15, 0.2) is 0 Å². The van der Waals surface area contributed by atoms with E-state index in [9.17, 15) is 14.4 Å². The molecule has 3 rings (SSSR count). The Morgan fingerprint density at radius 3 is 2.73 bits per heavy atom. The summed E-state index contributed by atoms with van der Waals surface area (Å²) in [6.45, 7) is 1.44. The Kier molecular flexibility index (Phi) is 7.89. The second kappa shape index (κ2) is 10.8. The Balaban J connectivity index is 1.65. The van der Waals surface area contributed by atoms with Crippen molar-refractivity contribution in [2.24, 2.45) is 0 Å². The van der Waals surface area contributed by atoms with Crippen LogP contribution in [-0.4, -0.2) is 63.3 Å². The highest BCUT2D eigenvalue weighted by Gasteiger charge is 2.28. The van der Waals surface area contributed by atoms with Crippen molar-refractivity contribution in [1.82, 2.24) is 16.0 Å². The minimum Gasteiger partial charge on any atom is -0.497 e. The number of ether oxygens (including phenoxy) is 3. The maximum atomic E-state index is 12.6. The van der Waals surface area contributed by atoms with Crippen molar-refractivity contribution in [3.8, 4) is 11.5 Å². The molecule has 0 aliphatic carbocycles. The van der Waals surface area contributed by atoms with E-state index < -0.39 is 12.1 Å². The summed E-state index contributed by atoms with van der Waals surface area (Å²) in [5.41, 5.74) is 0.417. The molecule has 1 saturated heterocycles. The predicted octanol–water partition coefficient (Wildman–Crippen LogP) is 0.768. The summed E-state index contributed by atoms with van der Waals surface area (Å²) in [6.07, 6.45) is 2.86. The molecule has 30 heavy (non-hydrogen) atoms. The van der Waals surface area contributed by atoms with Crippen LogP contribution in [0.3, 0.4) is 0 Å². The zero-order chi connectivity index (χ0) is 21.3. The molecular weight excluding hydrogens is 390 g/mol.